The van der Waals surface area contributed by atoms with Crippen molar-refractivity contribution < 1.29 is 10.2 Å². The fraction of sp³-hybridized carbons (Fsp3) is 0. The van der Waals surface area contributed by atoms with Gasteiger partial charge in [0.15, 0.2) is 5.82 Å². The van der Waals surface area contributed by atoms with E-state index in [0.717, 1.165) is 0 Å². The maximum Gasteiger partial charge on any atom is 0.170 e. The lowest BCUT2D eigenvalue weighted by Crippen LogP contribution is -1.89. The van der Waals surface area contributed by atoms with E-state index in [4.69, 9.17) is 0 Å². The second kappa shape index (κ2) is 3.29. The standard InChI is InChI=1S/C9H7N3O2/c13-6-2-1-3-7(14)8(6)9-11-4-10-5-12-9/h1-5,13-14H. The van der Waals surface area contributed by atoms with E-state index in [1.54, 1.807) is 0 Å². The fourth-order valence-corrected chi connectivity index (χ4v) is 1.13. The van der Waals surface area contributed by atoms with Crippen LogP contribution in [-0.2, 0) is 0 Å². The lowest BCUT2D eigenvalue weighted by molar-refractivity contribution is 0.453. The number of phenolic OH excluding ortho intramolecular Hbond substituents is 2. The van der Waals surface area contributed by atoms with E-state index < -0.39 is 0 Å². The molecule has 1 heterocycles. The van der Waals surface area contributed by atoms with E-state index in [0.29, 0.717) is 0 Å². The van der Waals surface area contributed by atoms with Crippen LogP contribution in [0.2, 0.25) is 0 Å². The van der Waals surface area contributed by atoms with Crippen molar-refractivity contribution in [3.63, 3.8) is 0 Å². The topological polar surface area (TPSA) is 79.1 Å². The summed E-state index contributed by atoms with van der Waals surface area (Å²) in [5.74, 6) is 0.128. The van der Waals surface area contributed by atoms with Crippen molar-refractivity contribution in [2.45, 2.75) is 0 Å². The Morgan fingerprint density at radius 3 is 2.07 bits per heavy atom. The second-order valence-corrected chi connectivity index (χ2v) is 2.63. The number of aromatic nitrogens is 3. The van der Waals surface area contributed by atoms with Gasteiger partial charge in [-0.15, -0.1) is 0 Å². The van der Waals surface area contributed by atoms with Crippen molar-refractivity contribution >= 4 is 0 Å². The molecule has 0 spiro atoms. The molecule has 0 amide bonds. The smallest absolute Gasteiger partial charge is 0.170 e. The molecule has 70 valence electrons. The molecule has 0 unspecified atom stereocenters. The Morgan fingerprint density at radius 2 is 1.50 bits per heavy atom. The number of hydrogen-bond donors (Lipinski definition) is 2. The lowest BCUT2D eigenvalue weighted by atomic mass is 10.1. The molecule has 5 nitrogen and oxygen atoms in total. The molecule has 0 fully saturated rings. The summed E-state index contributed by atoms with van der Waals surface area (Å²) in [7, 11) is 0. The SMILES string of the molecule is Oc1cccc(O)c1-c1ncncn1. The maximum atomic E-state index is 9.48. The molecule has 0 aliphatic rings. The maximum absolute atomic E-state index is 9.48. The van der Waals surface area contributed by atoms with Crippen LogP contribution >= 0.6 is 0 Å². The molecule has 14 heavy (non-hydrogen) atoms. The van der Waals surface area contributed by atoms with Crippen molar-refractivity contribution in [1.82, 2.24) is 15.0 Å². The van der Waals surface area contributed by atoms with E-state index in [9.17, 15) is 10.2 Å². The Hall–Kier alpha value is -2.17. The predicted molar refractivity (Wildman–Crippen MR) is 48.6 cm³/mol. The quantitative estimate of drug-likeness (QED) is 0.698. The molecule has 1 aromatic heterocycles. The Labute approximate surface area is 79.7 Å². The highest BCUT2D eigenvalue weighted by Crippen LogP contribution is 2.33. The van der Waals surface area contributed by atoms with E-state index >= 15 is 0 Å². The minimum absolute atomic E-state index is 0.0591. The Bertz CT molecular complexity index is 425. The van der Waals surface area contributed by atoms with Gasteiger partial charge in [0, 0.05) is 0 Å². The summed E-state index contributed by atoms with van der Waals surface area (Å²) in [6.07, 6.45) is 2.60. The van der Waals surface area contributed by atoms with Crippen molar-refractivity contribution in [2.24, 2.45) is 0 Å². The third-order valence-electron chi connectivity index (χ3n) is 1.74. The molecular weight excluding hydrogens is 182 g/mol. The predicted octanol–water partition coefficient (Wildman–Crippen LogP) is 0.950. The van der Waals surface area contributed by atoms with Crippen molar-refractivity contribution in [3.05, 3.63) is 30.9 Å². The fourth-order valence-electron chi connectivity index (χ4n) is 1.13. The van der Waals surface area contributed by atoms with Crippen LogP contribution in [0.1, 0.15) is 0 Å². The molecule has 0 saturated carbocycles. The van der Waals surface area contributed by atoms with Gasteiger partial charge in [-0.25, -0.2) is 15.0 Å². The summed E-state index contributed by atoms with van der Waals surface area (Å²) in [6.45, 7) is 0. The van der Waals surface area contributed by atoms with Gasteiger partial charge >= 0.3 is 0 Å². The average Bonchev–Trinajstić information content (AvgIpc) is 2.19. The highest BCUT2D eigenvalue weighted by molar-refractivity contribution is 5.70. The van der Waals surface area contributed by atoms with Crippen LogP contribution in [0.4, 0.5) is 0 Å². The number of benzene rings is 1. The van der Waals surface area contributed by atoms with Gasteiger partial charge < -0.3 is 10.2 Å². The van der Waals surface area contributed by atoms with E-state index in [1.165, 1.54) is 30.9 Å². The molecule has 0 saturated heterocycles. The van der Waals surface area contributed by atoms with E-state index in [1.807, 2.05) is 0 Å². The summed E-state index contributed by atoms with van der Waals surface area (Å²) in [5.41, 5.74) is 0.218. The second-order valence-electron chi connectivity index (χ2n) is 2.63. The van der Waals surface area contributed by atoms with Gasteiger partial charge in [-0.2, -0.15) is 0 Å². The minimum Gasteiger partial charge on any atom is -0.507 e. The molecule has 2 aromatic rings. The van der Waals surface area contributed by atoms with Crippen molar-refractivity contribution in [3.8, 4) is 22.9 Å². The molecule has 5 heteroatoms. The van der Waals surface area contributed by atoms with Gasteiger partial charge in [0.2, 0.25) is 0 Å². The summed E-state index contributed by atoms with van der Waals surface area (Å²) < 4.78 is 0. The van der Waals surface area contributed by atoms with Crippen LogP contribution in [0, 0.1) is 0 Å². The first-order valence-electron chi connectivity index (χ1n) is 3.92. The van der Waals surface area contributed by atoms with Gasteiger partial charge in [-0.3, -0.25) is 0 Å². The van der Waals surface area contributed by atoms with Crippen LogP contribution in [0.15, 0.2) is 30.9 Å². The van der Waals surface area contributed by atoms with E-state index in [-0.39, 0.29) is 22.9 Å². The number of rotatable bonds is 1. The Kier molecular flexibility index (Phi) is 1.98. The zero-order chi connectivity index (χ0) is 9.97. The molecular formula is C9H7N3O2. The molecule has 0 radical (unpaired) electrons. The van der Waals surface area contributed by atoms with Gasteiger partial charge in [-0.1, -0.05) is 6.07 Å². The van der Waals surface area contributed by atoms with E-state index in [2.05, 4.69) is 15.0 Å². The number of nitrogens with zero attached hydrogens (tertiary/aromatic N) is 3. The highest BCUT2D eigenvalue weighted by Gasteiger charge is 2.11. The van der Waals surface area contributed by atoms with Crippen molar-refractivity contribution in [1.29, 1.82) is 0 Å². The Morgan fingerprint density at radius 1 is 0.929 bits per heavy atom. The van der Waals surface area contributed by atoms with Gasteiger partial charge in [0.05, 0.1) is 0 Å². The normalized spacial score (nSPS) is 10.0. The zero-order valence-electron chi connectivity index (χ0n) is 7.12. The Balaban J connectivity index is 2.63. The first kappa shape index (κ1) is 8.43. The minimum atomic E-state index is -0.0591. The zero-order valence-corrected chi connectivity index (χ0v) is 7.12. The summed E-state index contributed by atoms with van der Waals surface area (Å²) in [4.78, 5) is 11.3. The average molecular weight is 189 g/mol. The third kappa shape index (κ3) is 1.35. The molecule has 0 aliphatic heterocycles. The van der Waals surface area contributed by atoms with Gasteiger partial charge in [0.25, 0.3) is 0 Å². The van der Waals surface area contributed by atoms with Crippen LogP contribution in [0.5, 0.6) is 11.5 Å². The highest BCUT2D eigenvalue weighted by atomic mass is 16.3. The van der Waals surface area contributed by atoms with Crippen LogP contribution in [0.3, 0.4) is 0 Å². The van der Waals surface area contributed by atoms with Gasteiger partial charge in [-0.05, 0) is 12.1 Å². The summed E-state index contributed by atoms with van der Waals surface area (Å²) in [5, 5.41) is 19.0. The third-order valence-corrected chi connectivity index (χ3v) is 1.74. The monoisotopic (exact) mass is 189 g/mol. The number of phenols is 2. The van der Waals surface area contributed by atoms with Crippen molar-refractivity contribution in [2.75, 3.05) is 0 Å². The molecule has 1 aromatic carbocycles. The summed E-state index contributed by atoms with van der Waals surface area (Å²) >= 11 is 0. The summed E-state index contributed by atoms with van der Waals surface area (Å²) in [6, 6.07) is 4.45. The molecule has 0 atom stereocenters. The first-order chi connectivity index (χ1) is 6.79. The largest absolute Gasteiger partial charge is 0.507 e. The van der Waals surface area contributed by atoms with Crippen LogP contribution in [0.25, 0.3) is 11.4 Å². The molecule has 2 rings (SSSR count). The lowest BCUT2D eigenvalue weighted by Gasteiger charge is -2.03. The number of hydrogen-bond acceptors (Lipinski definition) is 5. The molecule has 0 bridgehead atoms. The molecule has 2 N–H and O–H groups in total. The van der Waals surface area contributed by atoms with Crippen LogP contribution < -0.4 is 0 Å². The van der Waals surface area contributed by atoms with Gasteiger partial charge in [0.1, 0.15) is 29.7 Å². The van der Waals surface area contributed by atoms with Crippen LogP contribution in [-0.4, -0.2) is 25.2 Å². The first-order valence-corrected chi connectivity index (χ1v) is 3.92. The molecule has 0 aliphatic carbocycles. The number of aromatic hydroxyl groups is 2.